The Morgan fingerprint density at radius 3 is 2.72 bits per heavy atom. The van der Waals surface area contributed by atoms with Crippen LogP contribution in [0.3, 0.4) is 0 Å². The first kappa shape index (κ1) is 15.9. The molecule has 0 bridgehead atoms. The molecule has 0 spiro atoms. The summed E-state index contributed by atoms with van der Waals surface area (Å²) in [5, 5.41) is 0.372. The second kappa shape index (κ2) is 5.72. The fourth-order valence-corrected chi connectivity index (χ4v) is 3.42. The maximum absolute atomic E-state index is 15.0. The predicted molar refractivity (Wildman–Crippen MR) is 97.3 cm³/mol. The number of aromatic nitrogens is 1. The lowest BCUT2D eigenvalue weighted by Crippen LogP contribution is -2.24. The number of fused-ring (bicyclic) bond motifs is 1. The number of aliphatic imine (C=N–C) groups is 1. The van der Waals surface area contributed by atoms with Crippen molar-refractivity contribution < 1.29 is 9.13 Å². The van der Waals surface area contributed by atoms with Gasteiger partial charge in [-0.05, 0) is 32.8 Å². The Morgan fingerprint density at radius 2 is 2.08 bits per heavy atom. The molecule has 0 saturated heterocycles. The zero-order chi connectivity index (χ0) is 17.7. The average Bonchev–Trinajstić information content (AvgIpc) is 3.42. The van der Waals surface area contributed by atoms with E-state index in [1.54, 1.807) is 24.2 Å². The number of hydrogen-bond donors (Lipinski definition) is 0. The number of allylic oxidation sites excluding steroid dienone is 1. The van der Waals surface area contributed by atoms with Gasteiger partial charge in [0.05, 0.1) is 30.3 Å². The molecule has 6 heteroatoms. The van der Waals surface area contributed by atoms with Crippen molar-refractivity contribution in [3.8, 4) is 5.75 Å². The van der Waals surface area contributed by atoms with E-state index in [0.717, 1.165) is 18.5 Å². The van der Waals surface area contributed by atoms with E-state index in [4.69, 9.17) is 4.74 Å². The summed E-state index contributed by atoms with van der Waals surface area (Å²) in [6.07, 6.45) is 7.51. The van der Waals surface area contributed by atoms with Crippen molar-refractivity contribution in [2.45, 2.75) is 32.7 Å². The van der Waals surface area contributed by atoms with Crippen LogP contribution in [0.2, 0.25) is 0 Å². The molecule has 0 amide bonds. The van der Waals surface area contributed by atoms with Gasteiger partial charge in [-0.15, -0.1) is 0 Å². The molecule has 1 saturated carbocycles. The lowest BCUT2D eigenvalue weighted by atomic mass is 10.1. The summed E-state index contributed by atoms with van der Waals surface area (Å²) in [5.41, 5.74) is 2.28. The third kappa shape index (κ3) is 2.52. The molecule has 2 aromatic rings. The smallest absolute Gasteiger partial charge is 0.192 e. The molecule has 5 nitrogen and oxygen atoms in total. The zero-order valence-electron chi connectivity index (χ0n) is 14.5. The standard InChI is InChI=1S/C19H20FN3O2/c1-11-9-23(13-4-5-13)16-14(18(11)24)8-15(20)17(19(16)25-3)22-7-6-21-12(2)10-22/h6,8-10,13H,4-5,7H2,1-3H3. The number of anilines is 1. The number of hydrogen-bond acceptors (Lipinski definition) is 4. The lowest BCUT2D eigenvalue weighted by Gasteiger charge is -2.26. The van der Waals surface area contributed by atoms with Crippen molar-refractivity contribution in [1.82, 2.24) is 4.57 Å². The van der Waals surface area contributed by atoms with Crippen molar-refractivity contribution in [2.75, 3.05) is 18.6 Å². The third-order valence-corrected chi connectivity index (χ3v) is 4.72. The number of methoxy groups -OCH3 is 1. The van der Waals surface area contributed by atoms with Gasteiger partial charge in [0.1, 0.15) is 5.69 Å². The summed E-state index contributed by atoms with van der Waals surface area (Å²) < 4.78 is 22.7. The van der Waals surface area contributed by atoms with Gasteiger partial charge in [-0.25, -0.2) is 4.39 Å². The number of aryl methyl sites for hydroxylation is 1. The van der Waals surface area contributed by atoms with Crippen molar-refractivity contribution in [3.63, 3.8) is 0 Å². The van der Waals surface area contributed by atoms with Crippen LogP contribution in [0.25, 0.3) is 10.9 Å². The number of benzene rings is 1. The van der Waals surface area contributed by atoms with E-state index in [-0.39, 0.29) is 5.43 Å². The average molecular weight is 341 g/mol. The first-order chi connectivity index (χ1) is 12.0. The van der Waals surface area contributed by atoms with Crippen molar-refractivity contribution in [2.24, 2.45) is 4.99 Å². The fourth-order valence-electron chi connectivity index (χ4n) is 3.42. The van der Waals surface area contributed by atoms with Gasteiger partial charge in [0, 0.05) is 30.2 Å². The van der Waals surface area contributed by atoms with Crippen LogP contribution in [-0.2, 0) is 0 Å². The molecule has 0 N–H and O–H groups in total. The van der Waals surface area contributed by atoms with Gasteiger partial charge in [0.25, 0.3) is 0 Å². The first-order valence-corrected chi connectivity index (χ1v) is 8.40. The van der Waals surface area contributed by atoms with Crippen LogP contribution in [0, 0.1) is 12.7 Å². The highest BCUT2D eigenvalue weighted by atomic mass is 19.1. The molecule has 0 radical (unpaired) electrons. The molecule has 1 aliphatic carbocycles. The second-order valence-electron chi connectivity index (χ2n) is 6.65. The molecular formula is C19H20FN3O2. The SMILES string of the molecule is COc1c(N2C=C(C)N=CC2)c(F)cc2c(=O)c(C)cn(C3CC3)c12. The summed E-state index contributed by atoms with van der Waals surface area (Å²) in [6.45, 7) is 4.08. The summed E-state index contributed by atoms with van der Waals surface area (Å²) in [5.74, 6) is -0.0629. The van der Waals surface area contributed by atoms with Gasteiger partial charge < -0.3 is 14.2 Å². The minimum Gasteiger partial charge on any atom is -0.492 e. The van der Waals surface area contributed by atoms with E-state index in [2.05, 4.69) is 9.56 Å². The van der Waals surface area contributed by atoms with Gasteiger partial charge >= 0.3 is 0 Å². The number of ether oxygens (including phenoxy) is 1. The van der Waals surface area contributed by atoms with Crippen molar-refractivity contribution >= 4 is 22.8 Å². The fraction of sp³-hybridized carbons (Fsp3) is 0.368. The monoisotopic (exact) mass is 341 g/mol. The van der Waals surface area contributed by atoms with E-state index >= 15 is 0 Å². The highest BCUT2D eigenvalue weighted by Gasteiger charge is 2.29. The molecule has 4 rings (SSSR count). The maximum atomic E-state index is 15.0. The van der Waals surface area contributed by atoms with Crippen LogP contribution in [0.15, 0.2) is 33.9 Å². The Bertz CT molecular complexity index is 987. The lowest BCUT2D eigenvalue weighted by molar-refractivity contribution is 0.414. The summed E-state index contributed by atoms with van der Waals surface area (Å²) in [6, 6.07) is 1.69. The number of rotatable bonds is 3. The highest BCUT2D eigenvalue weighted by molar-refractivity contribution is 5.93. The predicted octanol–water partition coefficient (Wildman–Crippen LogP) is 3.54. The Hall–Kier alpha value is -2.63. The molecular weight excluding hydrogens is 321 g/mol. The Balaban J connectivity index is 2.07. The molecule has 1 aliphatic heterocycles. The largest absolute Gasteiger partial charge is 0.492 e. The Labute approximate surface area is 145 Å². The number of halogens is 1. The normalized spacial score (nSPS) is 17.1. The topological polar surface area (TPSA) is 46.8 Å². The van der Waals surface area contributed by atoms with Crippen molar-refractivity contribution in [1.29, 1.82) is 0 Å². The van der Waals surface area contributed by atoms with E-state index < -0.39 is 5.82 Å². The van der Waals surface area contributed by atoms with E-state index in [1.807, 2.05) is 13.1 Å². The highest BCUT2D eigenvalue weighted by Crippen LogP contribution is 2.43. The van der Waals surface area contributed by atoms with Crippen LogP contribution < -0.4 is 15.1 Å². The molecule has 130 valence electrons. The van der Waals surface area contributed by atoms with Crippen LogP contribution in [0.4, 0.5) is 10.1 Å². The van der Waals surface area contributed by atoms with Crippen LogP contribution in [-0.4, -0.2) is 24.4 Å². The van der Waals surface area contributed by atoms with Gasteiger partial charge in [-0.2, -0.15) is 0 Å². The Morgan fingerprint density at radius 1 is 1.32 bits per heavy atom. The first-order valence-electron chi connectivity index (χ1n) is 8.40. The molecule has 2 aliphatic rings. The quantitative estimate of drug-likeness (QED) is 0.858. The molecule has 1 fully saturated rings. The molecule has 1 aromatic carbocycles. The molecule has 0 unspecified atom stereocenters. The zero-order valence-corrected chi connectivity index (χ0v) is 14.5. The van der Waals surface area contributed by atoms with Gasteiger partial charge in [0.2, 0.25) is 0 Å². The van der Waals surface area contributed by atoms with Crippen LogP contribution in [0.1, 0.15) is 31.4 Å². The number of nitrogens with zero attached hydrogens (tertiary/aromatic N) is 3. The maximum Gasteiger partial charge on any atom is 0.192 e. The molecule has 2 heterocycles. The summed E-state index contributed by atoms with van der Waals surface area (Å²) in [7, 11) is 1.52. The molecule has 1 aromatic heterocycles. The summed E-state index contributed by atoms with van der Waals surface area (Å²) in [4.78, 5) is 18.6. The molecule has 0 atom stereocenters. The number of pyridine rings is 1. The van der Waals surface area contributed by atoms with E-state index in [0.29, 0.717) is 40.5 Å². The van der Waals surface area contributed by atoms with Crippen molar-refractivity contribution in [3.05, 3.63) is 45.8 Å². The van der Waals surface area contributed by atoms with Gasteiger partial charge in [-0.3, -0.25) is 9.79 Å². The second-order valence-corrected chi connectivity index (χ2v) is 6.65. The minimum absolute atomic E-state index is 0.150. The van der Waals surface area contributed by atoms with Gasteiger partial charge in [-0.1, -0.05) is 0 Å². The third-order valence-electron chi connectivity index (χ3n) is 4.72. The van der Waals surface area contributed by atoms with Gasteiger partial charge in [0.15, 0.2) is 17.0 Å². The Kier molecular flexibility index (Phi) is 3.63. The van der Waals surface area contributed by atoms with Crippen LogP contribution in [0.5, 0.6) is 5.75 Å². The summed E-state index contributed by atoms with van der Waals surface area (Å²) >= 11 is 0. The van der Waals surface area contributed by atoms with E-state index in [1.165, 1.54) is 13.2 Å². The minimum atomic E-state index is -0.464. The molecule has 25 heavy (non-hydrogen) atoms. The van der Waals surface area contributed by atoms with Crippen LogP contribution >= 0.6 is 0 Å². The van der Waals surface area contributed by atoms with E-state index in [9.17, 15) is 9.18 Å².